The Hall–Kier alpha value is -3.36. The summed E-state index contributed by atoms with van der Waals surface area (Å²) in [4.78, 5) is 12.1. The van der Waals surface area contributed by atoms with E-state index in [9.17, 15) is 0 Å². The molecule has 0 radical (unpaired) electrons. The van der Waals surface area contributed by atoms with Gasteiger partial charge in [-0.2, -0.15) is 0 Å². The van der Waals surface area contributed by atoms with Gasteiger partial charge in [0.1, 0.15) is 5.69 Å². The van der Waals surface area contributed by atoms with Gasteiger partial charge in [-0.15, -0.1) is 0 Å². The maximum absolute atomic E-state index is 5.56. The zero-order chi connectivity index (χ0) is 21.0. The monoisotopic (exact) mass is 410 g/mol. The largest absolute Gasteiger partial charge is 0.378 e. The van der Waals surface area contributed by atoms with Gasteiger partial charge in [0, 0.05) is 19.5 Å². The van der Waals surface area contributed by atoms with Crippen LogP contribution in [-0.2, 0) is 4.74 Å². The third-order valence-electron chi connectivity index (χ3n) is 5.69. The lowest BCUT2D eigenvalue weighted by Crippen LogP contribution is -2.37. The van der Waals surface area contributed by atoms with Gasteiger partial charge in [-0.3, -0.25) is 4.40 Å². The number of morpholine rings is 1. The SMILES string of the molecule is CCCCC#Cc1cnc2c(N3CCOCC3)nc3cc(-c4ccccc4)ccc3n12. The number of imidazole rings is 1. The second-order valence-electron chi connectivity index (χ2n) is 7.81. The molecule has 5 rings (SSSR count). The van der Waals surface area contributed by atoms with E-state index in [0.29, 0.717) is 13.2 Å². The fraction of sp³-hybridized carbons (Fsp3) is 0.308. The standard InChI is InChI=1S/C26H26N4O/c1-2-3-4-8-11-22-19-27-25-26(29-14-16-31-17-15-29)28-23-18-21(12-13-24(23)30(22)25)20-9-6-5-7-10-20/h5-7,9-10,12-13,18-19H,2-4,14-17H2,1H3. The summed E-state index contributed by atoms with van der Waals surface area (Å²) < 4.78 is 7.73. The Bertz CT molecular complexity index is 1260. The van der Waals surface area contributed by atoms with Gasteiger partial charge in [-0.05, 0) is 35.6 Å². The molecule has 0 atom stereocenters. The molecule has 0 amide bonds. The molecule has 5 nitrogen and oxygen atoms in total. The van der Waals surface area contributed by atoms with Crippen molar-refractivity contribution in [3.05, 3.63) is 60.4 Å². The number of hydrogen-bond acceptors (Lipinski definition) is 4. The minimum atomic E-state index is 0.709. The predicted octanol–water partition coefficient (Wildman–Crippen LogP) is 4.93. The summed E-state index contributed by atoms with van der Waals surface area (Å²) in [5, 5.41) is 0. The highest BCUT2D eigenvalue weighted by atomic mass is 16.5. The second kappa shape index (κ2) is 8.79. The molecule has 31 heavy (non-hydrogen) atoms. The number of nitrogens with zero attached hydrogens (tertiary/aromatic N) is 4. The molecule has 1 saturated heterocycles. The lowest BCUT2D eigenvalue weighted by molar-refractivity contribution is 0.122. The normalized spacial score (nSPS) is 14.0. The number of aromatic nitrogens is 3. The van der Waals surface area contributed by atoms with Crippen molar-refractivity contribution in [1.29, 1.82) is 0 Å². The average Bonchev–Trinajstić information content (AvgIpc) is 3.26. The van der Waals surface area contributed by atoms with Crippen molar-refractivity contribution in [1.82, 2.24) is 14.4 Å². The smallest absolute Gasteiger partial charge is 0.181 e. The minimum absolute atomic E-state index is 0.709. The Balaban J connectivity index is 1.70. The van der Waals surface area contributed by atoms with Gasteiger partial charge >= 0.3 is 0 Å². The van der Waals surface area contributed by atoms with E-state index in [1.807, 2.05) is 12.3 Å². The topological polar surface area (TPSA) is 42.7 Å². The summed E-state index contributed by atoms with van der Waals surface area (Å²) in [6.45, 7) is 5.24. The van der Waals surface area contributed by atoms with Crippen molar-refractivity contribution < 1.29 is 4.74 Å². The summed E-state index contributed by atoms with van der Waals surface area (Å²) in [5.41, 5.74) is 6.10. The van der Waals surface area contributed by atoms with Crippen LogP contribution < -0.4 is 4.90 Å². The van der Waals surface area contributed by atoms with Gasteiger partial charge in [-0.25, -0.2) is 9.97 Å². The molecule has 5 heteroatoms. The molecule has 1 aliphatic heterocycles. The molecule has 2 aromatic carbocycles. The first-order valence-electron chi connectivity index (χ1n) is 11.0. The summed E-state index contributed by atoms with van der Waals surface area (Å²) >= 11 is 0. The van der Waals surface area contributed by atoms with Crippen LogP contribution in [0.25, 0.3) is 27.8 Å². The second-order valence-corrected chi connectivity index (χ2v) is 7.81. The van der Waals surface area contributed by atoms with Gasteiger partial charge in [-0.1, -0.05) is 55.7 Å². The Morgan fingerprint density at radius 2 is 1.87 bits per heavy atom. The van der Waals surface area contributed by atoms with Crippen LogP contribution in [0.2, 0.25) is 0 Å². The maximum Gasteiger partial charge on any atom is 0.181 e. The van der Waals surface area contributed by atoms with Crippen molar-refractivity contribution >= 4 is 22.5 Å². The highest BCUT2D eigenvalue weighted by Gasteiger charge is 2.20. The van der Waals surface area contributed by atoms with E-state index < -0.39 is 0 Å². The van der Waals surface area contributed by atoms with Crippen molar-refractivity contribution in [2.75, 3.05) is 31.2 Å². The Labute approximate surface area is 182 Å². The highest BCUT2D eigenvalue weighted by Crippen LogP contribution is 2.29. The van der Waals surface area contributed by atoms with Gasteiger partial charge in [0.15, 0.2) is 11.5 Å². The third-order valence-corrected chi connectivity index (χ3v) is 5.69. The van der Waals surface area contributed by atoms with Crippen LogP contribution in [0.3, 0.4) is 0 Å². The highest BCUT2D eigenvalue weighted by molar-refractivity contribution is 5.87. The fourth-order valence-corrected chi connectivity index (χ4v) is 4.02. The number of fused-ring (bicyclic) bond motifs is 3. The van der Waals surface area contributed by atoms with Crippen LogP contribution in [0, 0.1) is 11.8 Å². The number of benzene rings is 2. The lowest BCUT2D eigenvalue weighted by atomic mass is 10.1. The summed E-state index contributed by atoms with van der Waals surface area (Å²) in [6, 6.07) is 16.9. The molecule has 1 fully saturated rings. The zero-order valence-electron chi connectivity index (χ0n) is 17.8. The number of unbranched alkanes of at least 4 members (excludes halogenated alkanes) is 2. The molecule has 0 unspecified atom stereocenters. The molecule has 0 N–H and O–H groups in total. The molecule has 1 aliphatic rings. The van der Waals surface area contributed by atoms with E-state index in [0.717, 1.165) is 66.1 Å². The first kappa shape index (κ1) is 19.6. The zero-order valence-corrected chi connectivity index (χ0v) is 17.8. The van der Waals surface area contributed by atoms with Crippen LogP contribution >= 0.6 is 0 Å². The van der Waals surface area contributed by atoms with E-state index >= 15 is 0 Å². The first-order chi connectivity index (χ1) is 15.3. The number of rotatable bonds is 4. The first-order valence-corrected chi connectivity index (χ1v) is 11.0. The van der Waals surface area contributed by atoms with Crippen LogP contribution in [0.1, 0.15) is 31.9 Å². The number of anilines is 1. The average molecular weight is 411 g/mol. The molecule has 156 valence electrons. The Kier molecular flexibility index (Phi) is 5.56. The Morgan fingerprint density at radius 3 is 2.68 bits per heavy atom. The van der Waals surface area contributed by atoms with E-state index in [-0.39, 0.29) is 0 Å². The molecule has 3 heterocycles. The molecular formula is C26H26N4O. The summed E-state index contributed by atoms with van der Waals surface area (Å²) in [5.74, 6) is 7.57. The van der Waals surface area contributed by atoms with Crippen molar-refractivity contribution in [2.45, 2.75) is 26.2 Å². The quantitative estimate of drug-likeness (QED) is 0.353. The fourth-order valence-electron chi connectivity index (χ4n) is 4.02. The molecular weight excluding hydrogens is 384 g/mol. The number of hydrogen-bond donors (Lipinski definition) is 0. The van der Waals surface area contributed by atoms with Crippen LogP contribution in [0.4, 0.5) is 5.82 Å². The van der Waals surface area contributed by atoms with Crippen LogP contribution in [0.15, 0.2) is 54.7 Å². The molecule has 2 aromatic heterocycles. The molecule has 0 bridgehead atoms. The van der Waals surface area contributed by atoms with E-state index in [1.165, 1.54) is 5.56 Å². The molecule has 0 aliphatic carbocycles. The van der Waals surface area contributed by atoms with E-state index in [4.69, 9.17) is 14.7 Å². The molecule has 0 spiro atoms. The van der Waals surface area contributed by atoms with Crippen LogP contribution in [-0.4, -0.2) is 40.7 Å². The van der Waals surface area contributed by atoms with Crippen LogP contribution in [0.5, 0.6) is 0 Å². The predicted molar refractivity (Wildman–Crippen MR) is 125 cm³/mol. The van der Waals surface area contributed by atoms with Crippen molar-refractivity contribution in [3.63, 3.8) is 0 Å². The van der Waals surface area contributed by atoms with Gasteiger partial charge in [0.25, 0.3) is 0 Å². The van der Waals surface area contributed by atoms with Crippen molar-refractivity contribution in [3.8, 4) is 23.0 Å². The summed E-state index contributed by atoms with van der Waals surface area (Å²) in [7, 11) is 0. The maximum atomic E-state index is 5.56. The summed E-state index contributed by atoms with van der Waals surface area (Å²) in [6.07, 6.45) is 5.05. The van der Waals surface area contributed by atoms with Gasteiger partial charge in [0.2, 0.25) is 0 Å². The van der Waals surface area contributed by atoms with Crippen molar-refractivity contribution in [2.24, 2.45) is 0 Å². The third kappa shape index (κ3) is 3.87. The minimum Gasteiger partial charge on any atom is -0.378 e. The van der Waals surface area contributed by atoms with Gasteiger partial charge < -0.3 is 9.64 Å². The molecule has 4 aromatic rings. The lowest BCUT2D eigenvalue weighted by Gasteiger charge is -2.28. The van der Waals surface area contributed by atoms with Gasteiger partial charge in [0.05, 0.1) is 30.4 Å². The van der Waals surface area contributed by atoms with E-state index in [1.54, 1.807) is 0 Å². The molecule has 0 saturated carbocycles. The van der Waals surface area contributed by atoms with E-state index in [2.05, 4.69) is 70.5 Å². The Morgan fingerprint density at radius 1 is 1.03 bits per heavy atom. The number of ether oxygens (including phenoxy) is 1.